The van der Waals surface area contributed by atoms with Gasteiger partial charge in [0.15, 0.2) is 0 Å². The molecule has 1 fully saturated rings. The second kappa shape index (κ2) is 6.05. The molecule has 1 aromatic rings. The summed E-state index contributed by atoms with van der Waals surface area (Å²) >= 11 is 0. The average molecular weight is 295 g/mol. The Morgan fingerprint density at radius 2 is 2.24 bits per heavy atom. The van der Waals surface area contributed by atoms with Crippen LogP contribution in [0.1, 0.15) is 38.7 Å². The number of amides is 1. The Morgan fingerprint density at radius 3 is 2.76 bits per heavy atom. The molecule has 0 bridgehead atoms. The number of carbonyl (C=O) groups is 1. The van der Waals surface area contributed by atoms with Crippen LogP contribution < -0.4 is 0 Å². The van der Waals surface area contributed by atoms with Crippen molar-refractivity contribution in [2.24, 2.45) is 13.0 Å². The maximum atomic E-state index is 12.2. The predicted molar refractivity (Wildman–Crippen MR) is 78.9 cm³/mol. The van der Waals surface area contributed by atoms with E-state index in [2.05, 4.69) is 5.10 Å². The van der Waals surface area contributed by atoms with Crippen LogP contribution in [0, 0.1) is 5.92 Å². The first-order valence-corrected chi connectivity index (χ1v) is 7.37. The molecular weight excluding hydrogens is 270 g/mol. The number of aliphatic hydroxyl groups excluding tert-OH is 1. The molecule has 0 radical (unpaired) electrons. The number of ether oxygens (including phenoxy) is 1. The van der Waals surface area contributed by atoms with E-state index < -0.39 is 5.60 Å². The van der Waals surface area contributed by atoms with E-state index in [-0.39, 0.29) is 24.5 Å². The number of hydrogen-bond acceptors (Lipinski definition) is 4. The first-order chi connectivity index (χ1) is 9.80. The van der Waals surface area contributed by atoms with Crippen LogP contribution in [0.4, 0.5) is 4.79 Å². The summed E-state index contributed by atoms with van der Waals surface area (Å²) < 4.78 is 7.19. The summed E-state index contributed by atoms with van der Waals surface area (Å²) in [6.07, 6.45) is 4.25. The van der Waals surface area contributed by atoms with Gasteiger partial charge in [-0.15, -0.1) is 0 Å². The third kappa shape index (κ3) is 3.97. The van der Waals surface area contributed by atoms with Crippen LogP contribution in [-0.2, 0) is 11.8 Å². The van der Waals surface area contributed by atoms with E-state index >= 15 is 0 Å². The van der Waals surface area contributed by atoms with Crippen molar-refractivity contribution in [2.45, 2.75) is 38.7 Å². The molecule has 1 N–H and O–H groups in total. The SMILES string of the molecule is Cn1cc([C@@H]2CN(C(=O)OC(C)(C)C)CC[C@@H]2CO)cn1. The Kier molecular flexibility index (Phi) is 4.56. The summed E-state index contributed by atoms with van der Waals surface area (Å²) in [5.74, 6) is 0.262. The molecule has 1 aliphatic rings. The molecule has 0 aliphatic carbocycles. The van der Waals surface area contributed by atoms with Gasteiger partial charge in [-0.1, -0.05) is 0 Å². The van der Waals surface area contributed by atoms with Gasteiger partial charge >= 0.3 is 6.09 Å². The lowest BCUT2D eigenvalue weighted by atomic mass is 9.82. The van der Waals surface area contributed by atoms with Crippen LogP contribution in [0.15, 0.2) is 12.4 Å². The van der Waals surface area contributed by atoms with Crippen LogP contribution in [0.2, 0.25) is 0 Å². The van der Waals surface area contributed by atoms with Gasteiger partial charge in [0.05, 0.1) is 6.20 Å². The van der Waals surface area contributed by atoms with E-state index in [1.54, 1.807) is 9.58 Å². The summed E-state index contributed by atoms with van der Waals surface area (Å²) in [6.45, 7) is 6.91. The Hall–Kier alpha value is -1.56. The molecule has 0 saturated carbocycles. The lowest BCUT2D eigenvalue weighted by molar-refractivity contribution is 0.0122. The zero-order chi connectivity index (χ0) is 15.6. The number of rotatable bonds is 2. The van der Waals surface area contributed by atoms with Gasteiger partial charge in [-0.05, 0) is 38.7 Å². The van der Waals surface area contributed by atoms with E-state index in [1.807, 2.05) is 40.2 Å². The van der Waals surface area contributed by atoms with Gasteiger partial charge in [0.2, 0.25) is 0 Å². The maximum Gasteiger partial charge on any atom is 0.410 e. The van der Waals surface area contributed by atoms with Gasteiger partial charge in [-0.25, -0.2) is 4.79 Å². The first kappa shape index (κ1) is 15.8. The molecule has 6 heteroatoms. The highest BCUT2D eigenvalue weighted by Crippen LogP contribution is 2.32. The monoisotopic (exact) mass is 295 g/mol. The van der Waals surface area contributed by atoms with E-state index in [0.29, 0.717) is 13.1 Å². The number of carbonyl (C=O) groups excluding carboxylic acids is 1. The molecule has 1 amide bonds. The second-order valence-corrected chi connectivity index (χ2v) is 6.71. The van der Waals surface area contributed by atoms with Crippen molar-refractivity contribution >= 4 is 6.09 Å². The quantitative estimate of drug-likeness (QED) is 0.902. The number of hydrogen-bond donors (Lipinski definition) is 1. The van der Waals surface area contributed by atoms with Crippen molar-refractivity contribution in [1.29, 1.82) is 0 Å². The minimum absolute atomic E-state index is 0.102. The third-order valence-electron chi connectivity index (χ3n) is 3.80. The van der Waals surface area contributed by atoms with E-state index in [1.165, 1.54) is 0 Å². The lowest BCUT2D eigenvalue weighted by Gasteiger charge is -2.38. The number of aromatic nitrogens is 2. The van der Waals surface area contributed by atoms with Crippen LogP contribution in [0.3, 0.4) is 0 Å². The van der Waals surface area contributed by atoms with Gasteiger partial charge < -0.3 is 14.7 Å². The van der Waals surface area contributed by atoms with Crippen molar-refractivity contribution < 1.29 is 14.6 Å². The minimum atomic E-state index is -0.491. The Bertz CT molecular complexity index is 493. The molecule has 2 atom stereocenters. The molecule has 1 aliphatic heterocycles. The van der Waals surface area contributed by atoms with Gasteiger partial charge in [0.1, 0.15) is 5.60 Å². The fraction of sp³-hybridized carbons (Fsp3) is 0.733. The lowest BCUT2D eigenvalue weighted by Crippen LogP contribution is -2.45. The van der Waals surface area contributed by atoms with Gasteiger partial charge in [-0.2, -0.15) is 5.10 Å². The molecular formula is C15H25N3O3. The molecule has 21 heavy (non-hydrogen) atoms. The molecule has 1 saturated heterocycles. The second-order valence-electron chi connectivity index (χ2n) is 6.71. The summed E-state index contributed by atoms with van der Waals surface area (Å²) in [6, 6.07) is 0. The van der Waals surface area contributed by atoms with Crippen LogP contribution in [0.5, 0.6) is 0 Å². The molecule has 2 heterocycles. The normalized spacial score (nSPS) is 23.2. The molecule has 0 aromatic carbocycles. The standard InChI is InChI=1S/C15H25N3O3/c1-15(2,3)21-14(20)18-6-5-11(10-19)13(9-18)12-7-16-17(4)8-12/h7-8,11,13,19H,5-6,9-10H2,1-4H3/t11-,13-/m1/s1. The third-order valence-corrected chi connectivity index (χ3v) is 3.80. The number of likely N-dealkylation sites (tertiary alicyclic amines) is 1. The predicted octanol–water partition coefficient (Wildman–Crippen LogP) is 1.75. The molecule has 118 valence electrons. The zero-order valence-corrected chi connectivity index (χ0v) is 13.2. The van der Waals surface area contributed by atoms with Crippen molar-refractivity contribution in [3.63, 3.8) is 0 Å². The number of piperidine rings is 1. The van der Waals surface area contributed by atoms with Crippen molar-refractivity contribution in [1.82, 2.24) is 14.7 Å². The van der Waals surface area contributed by atoms with Gasteiger partial charge in [0.25, 0.3) is 0 Å². The largest absolute Gasteiger partial charge is 0.444 e. The van der Waals surface area contributed by atoms with Gasteiger partial charge in [0, 0.05) is 38.9 Å². The number of aryl methyl sites for hydroxylation is 1. The highest BCUT2D eigenvalue weighted by molar-refractivity contribution is 5.68. The Morgan fingerprint density at radius 1 is 1.52 bits per heavy atom. The molecule has 6 nitrogen and oxygen atoms in total. The van der Waals surface area contributed by atoms with Gasteiger partial charge in [-0.3, -0.25) is 4.68 Å². The number of nitrogens with zero attached hydrogens (tertiary/aromatic N) is 3. The average Bonchev–Trinajstić information content (AvgIpc) is 2.82. The van der Waals surface area contributed by atoms with Crippen LogP contribution in [-0.4, -0.2) is 51.2 Å². The van der Waals surface area contributed by atoms with Crippen molar-refractivity contribution in [3.05, 3.63) is 18.0 Å². The maximum absolute atomic E-state index is 12.2. The van der Waals surface area contributed by atoms with Crippen LogP contribution in [0.25, 0.3) is 0 Å². The summed E-state index contributed by atoms with van der Waals surface area (Å²) in [7, 11) is 1.87. The fourth-order valence-electron chi connectivity index (χ4n) is 2.72. The minimum Gasteiger partial charge on any atom is -0.444 e. The molecule has 0 unspecified atom stereocenters. The Labute approximate surface area is 125 Å². The van der Waals surface area contributed by atoms with E-state index in [9.17, 15) is 9.90 Å². The first-order valence-electron chi connectivity index (χ1n) is 7.37. The van der Waals surface area contributed by atoms with Crippen molar-refractivity contribution in [3.8, 4) is 0 Å². The van der Waals surface area contributed by atoms with Crippen molar-refractivity contribution in [2.75, 3.05) is 19.7 Å². The summed E-state index contributed by atoms with van der Waals surface area (Å²) in [5.41, 5.74) is 0.569. The summed E-state index contributed by atoms with van der Waals surface area (Å²) in [5, 5.41) is 13.8. The van der Waals surface area contributed by atoms with Crippen LogP contribution >= 0.6 is 0 Å². The highest BCUT2D eigenvalue weighted by atomic mass is 16.6. The smallest absolute Gasteiger partial charge is 0.410 e. The topological polar surface area (TPSA) is 67.6 Å². The van der Waals surface area contributed by atoms with E-state index in [4.69, 9.17) is 4.74 Å². The zero-order valence-electron chi connectivity index (χ0n) is 13.2. The summed E-state index contributed by atoms with van der Waals surface area (Å²) in [4.78, 5) is 13.9. The molecule has 2 rings (SSSR count). The van der Waals surface area contributed by atoms with E-state index in [0.717, 1.165) is 12.0 Å². The fourth-order valence-corrected chi connectivity index (χ4v) is 2.72. The molecule has 1 aromatic heterocycles. The molecule has 0 spiro atoms. The highest BCUT2D eigenvalue weighted by Gasteiger charge is 2.34. The Balaban J connectivity index is 2.10. The number of aliphatic hydroxyl groups is 1.